The molecule has 0 fully saturated rings. The van der Waals surface area contributed by atoms with Gasteiger partial charge in [-0.15, -0.1) is 0 Å². The van der Waals surface area contributed by atoms with Gasteiger partial charge in [-0.2, -0.15) is 0 Å². The molecule has 116 valence electrons. The monoisotopic (exact) mass is 310 g/mol. The molecule has 1 aliphatic rings. The summed E-state index contributed by atoms with van der Waals surface area (Å²) in [6.07, 6.45) is 0. The Morgan fingerprint density at radius 3 is 2.35 bits per heavy atom. The third-order valence-corrected chi connectivity index (χ3v) is 3.75. The van der Waals surface area contributed by atoms with Crippen molar-refractivity contribution in [1.29, 1.82) is 0 Å². The molecule has 0 unspecified atom stereocenters. The molecule has 2 aromatic carbocycles. The van der Waals surface area contributed by atoms with Crippen LogP contribution in [0.15, 0.2) is 65.9 Å². The molecule has 0 radical (unpaired) electrons. The number of carbonyl (C=O) groups is 2. The normalized spacial score (nSPS) is 17.5. The third-order valence-electron chi connectivity index (χ3n) is 3.75. The standard InChI is InChI=1S/C18H15FN2O2/c1-11-15(17(22)13-5-3-2-4-6-13)16(21-18(23)20-11)12-7-9-14(19)10-8-12/h2-10,16H,1H3,(H2,20,21,23)/t16-/m0/s1. The van der Waals surface area contributed by atoms with E-state index in [4.69, 9.17) is 0 Å². The molecule has 2 N–H and O–H groups in total. The maximum Gasteiger partial charge on any atom is 0.319 e. The molecule has 3 rings (SSSR count). The van der Waals surface area contributed by atoms with Crippen LogP contribution in [0.4, 0.5) is 9.18 Å². The van der Waals surface area contributed by atoms with E-state index in [2.05, 4.69) is 10.6 Å². The molecule has 5 heteroatoms. The van der Waals surface area contributed by atoms with E-state index in [9.17, 15) is 14.0 Å². The minimum Gasteiger partial charge on any atom is -0.327 e. The van der Waals surface area contributed by atoms with Gasteiger partial charge in [0.2, 0.25) is 0 Å². The first-order valence-electron chi connectivity index (χ1n) is 7.20. The first-order valence-corrected chi connectivity index (χ1v) is 7.20. The first-order chi connectivity index (χ1) is 11.1. The van der Waals surface area contributed by atoms with Crippen molar-refractivity contribution in [3.05, 3.63) is 82.8 Å². The van der Waals surface area contributed by atoms with Crippen molar-refractivity contribution in [2.45, 2.75) is 13.0 Å². The van der Waals surface area contributed by atoms with E-state index in [1.807, 2.05) is 6.07 Å². The van der Waals surface area contributed by atoms with Gasteiger partial charge in [0.25, 0.3) is 0 Å². The summed E-state index contributed by atoms with van der Waals surface area (Å²) >= 11 is 0. The maximum absolute atomic E-state index is 13.1. The van der Waals surface area contributed by atoms with Crippen LogP contribution in [0.1, 0.15) is 28.9 Å². The van der Waals surface area contributed by atoms with E-state index in [1.54, 1.807) is 43.3 Å². The summed E-state index contributed by atoms with van der Waals surface area (Å²) in [7, 11) is 0. The van der Waals surface area contributed by atoms with Crippen LogP contribution in [0.25, 0.3) is 0 Å². The van der Waals surface area contributed by atoms with Crippen LogP contribution in [0, 0.1) is 5.82 Å². The molecule has 1 aliphatic heterocycles. The van der Waals surface area contributed by atoms with E-state index in [0.717, 1.165) is 0 Å². The lowest BCUT2D eigenvalue weighted by molar-refractivity contribution is 0.102. The summed E-state index contributed by atoms with van der Waals surface area (Å²) in [6.45, 7) is 1.69. The van der Waals surface area contributed by atoms with Crippen molar-refractivity contribution in [3.8, 4) is 0 Å². The zero-order chi connectivity index (χ0) is 16.4. The Morgan fingerprint density at radius 1 is 1.04 bits per heavy atom. The number of carbonyl (C=O) groups excluding carboxylic acids is 2. The van der Waals surface area contributed by atoms with Gasteiger partial charge in [-0.1, -0.05) is 42.5 Å². The number of urea groups is 1. The summed E-state index contributed by atoms with van der Waals surface area (Å²) in [5.74, 6) is -0.546. The lowest BCUT2D eigenvalue weighted by atomic mass is 9.89. The summed E-state index contributed by atoms with van der Waals surface area (Å²) < 4.78 is 13.1. The minimum absolute atomic E-state index is 0.176. The summed E-state index contributed by atoms with van der Waals surface area (Å²) in [4.78, 5) is 24.6. The smallest absolute Gasteiger partial charge is 0.319 e. The fourth-order valence-corrected chi connectivity index (χ4v) is 2.65. The van der Waals surface area contributed by atoms with Gasteiger partial charge < -0.3 is 10.6 Å². The fourth-order valence-electron chi connectivity index (χ4n) is 2.65. The number of hydrogen-bond acceptors (Lipinski definition) is 2. The number of benzene rings is 2. The molecular formula is C18H15FN2O2. The van der Waals surface area contributed by atoms with Crippen LogP contribution in [0.2, 0.25) is 0 Å². The van der Waals surface area contributed by atoms with E-state index in [-0.39, 0.29) is 17.6 Å². The largest absolute Gasteiger partial charge is 0.327 e. The molecule has 0 bridgehead atoms. The molecule has 0 aliphatic carbocycles. The number of hydrogen-bond donors (Lipinski definition) is 2. The number of amides is 2. The van der Waals surface area contributed by atoms with Gasteiger partial charge in [-0.25, -0.2) is 9.18 Å². The van der Waals surface area contributed by atoms with E-state index in [0.29, 0.717) is 22.4 Å². The Kier molecular flexibility index (Phi) is 3.93. The molecule has 1 heterocycles. The van der Waals surface area contributed by atoms with Crippen molar-refractivity contribution in [3.63, 3.8) is 0 Å². The van der Waals surface area contributed by atoms with Crippen molar-refractivity contribution in [1.82, 2.24) is 10.6 Å². The highest BCUT2D eigenvalue weighted by Crippen LogP contribution is 2.29. The predicted octanol–water partition coefficient (Wildman–Crippen LogP) is 3.34. The topological polar surface area (TPSA) is 58.2 Å². The average molecular weight is 310 g/mol. The van der Waals surface area contributed by atoms with Crippen molar-refractivity contribution >= 4 is 11.8 Å². The van der Waals surface area contributed by atoms with Gasteiger partial charge in [0.15, 0.2) is 5.78 Å². The van der Waals surface area contributed by atoms with E-state index >= 15 is 0 Å². The van der Waals surface area contributed by atoms with Gasteiger partial charge in [0, 0.05) is 16.8 Å². The summed E-state index contributed by atoms with van der Waals surface area (Å²) in [5.41, 5.74) is 2.13. The SMILES string of the molecule is CC1=C(C(=O)c2ccccc2)[C@H](c2ccc(F)cc2)NC(=O)N1. The highest BCUT2D eigenvalue weighted by Gasteiger charge is 2.31. The molecule has 4 nitrogen and oxygen atoms in total. The zero-order valence-corrected chi connectivity index (χ0v) is 12.5. The maximum atomic E-state index is 13.1. The molecule has 0 spiro atoms. The van der Waals surface area contributed by atoms with Crippen LogP contribution in [0.5, 0.6) is 0 Å². The van der Waals surface area contributed by atoms with Crippen LogP contribution in [0.3, 0.4) is 0 Å². The Labute approximate surface area is 133 Å². The Morgan fingerprint density at radius 2 is 1.70 bits per heavy atom. The van der Waals surface area contributed by atoms with Crippen molar-refractivity contribution in [2.75, 3.05) is 0 Å². The third kappa shape index (κ3) is 2.99. The highest BCUT2D eigenvalue weighted by molar-refractivity contribution is 6.11. The second kappa shape index (κ2) is 6.04. The zero-order valence-electron chi connectivity index (χ0n) is 12.5. The molecule has 23 heavy (non-hydrogen) atoms. The van der Waals surface area contributed by atoms with Crippen LogP contribution < -0.4 is 10.6 Å². The van der Waals surface area contributed by atoms with Gasteiger partial charge >= 0.3 is 6.03 Å². The Hall–Kier alpha value is -2.95. The second-order valence-corrected chi connectivity index (χ2v) is 5.32. The second-order valence-electron chi connectivity index (χ2n) is 5.32. The van der Waals surface area contributed by atoms with Gasteiger partial charge in [0.1, 0.15) is 5.82 Å². The molecule has 0 saturated heterocycles. The fraction of sp³-hybridized carbons (Fsp3) is 0.111. The number of ketones is 1. The number of rotatable bonds is 3. The molecule has 0 aromatic heterocycles. The summed E-state index contributed by atoms with van der Waals surface area (Å²) in [6, 6.07) is 13.6. The van der Waals surface area contributed by atoms with Crippen LogP contribution in [-0.2, 0) is 0 Å². The predicted molar refractivity (Wildman–Crippen MR) is 84.3 cm³/mol. The molecule has 0 saturated carbocycles. The molecular weight excluding hydrogens is 295 g/mol. The highest BCUT2D eigenvalue weighted by atomic mass is 19.1. The van der Waals surface area contributed by atoms with Gasteiger partial charge in [0.05, 0.1) is 6.04 Å². The van der Waals surface area contributed by atoms with Gasteiger partial charge in [-0.05, 0) is 24.6 Å². The number of allylic oxidation sites excluding steroid dienone is 1. The Balaban J connectivity index is 2.06. The number of halogens is 1. The van der Waals surface area contributed by atoms with E-state index in [1.165, 1.54) is 12.1 Å². The summed E-state index contributed by atoms with van der Waals surface area (Å²) in [5, 5.41) is 5.36. The molecule has 2 aromatic rings. The first kappa shape index (κ1) is 15.0. The lowest BCUT2D eigenvalue weighted by Gasteiger charge is -2.28. The average Bonchev–Trinajstić information content (AvgIpc) is 2.55. The van der Waals surface area contributed by atoms with Crippen LogP contribution in [-0.4, -0.2) is 11.8 Å². The Bertz CT molecular complexity index is 782. The van der Waals surface area contributed by atoms with E-state index < -0.39 is 6.04 Å². The lowest BCUT2D eigenvalue weighted by Crippen LogP contribution is -2.45. The van der Waals surface area contributed by atoms with Gasteiger partial charge in [-0.3, -0.25) is 4.79 Å². The van der Waals surface area contributed by atoms with Crippen LogP contribution >= 0.6 is 0 Å². The van der Waals surface area contributed by atoms with Crippen molar-refractivity contribution in [2.24, 2.45) is 0 Å². The van der Waals surface area contributed by atoms with Crippen molar-refractivity contribution < 1.29 is 14.0 Å². The minimum atomic E-state index is -0.614. The quantitative estimate of drug-likeness (QED) is 0.854. The molecule has 2 amide bonds. The number of Topliss-reactive ketones (excluding diaryl/α,β-unsaturated/α-hetero) is 1. The molecule has 1 atom stereocenters. The number of nitrogens with one attached hydrogen (secondary N) is 2.